The Morgan fingerprint density at radius 3 is 1.84 bits per heavy atom. The lowest BCUT2D eigenvalue weighted by molar-refractivity contribution is 0.660. The van der Waals surface area contributed by atoms with E-state index in [1.807, 2.05) is 11.3 Å². The van der Waals surface area contributed by atoms with Crippen LogP contribution in [0.1, 0.15) is 25.0 Å². The molecule has 10 aromatic carbocycles. The number of rotatable bonds is 6. The Bertz CT molecular complexity index is 3790. The third-order valence-corrected chi connectivity index (χ3v) is 15.0. The lowest BCUT2D eigenvalue weighted by Crippen LogP contribution is -2.16. The van der Waals surface area contributed by atoms with E-state index in [0.29, 0.717) is 0 Å². The van der Waals surface area contributed by atoms with E-state index in [0.717, 1.165) is 17.1 Å². The molecule has 0 N–H and O–H groups in total. The summed E-state index contributed by atoms with van der Waals surface area (Å²) in [5, 5.41) is 7.61. The highest BCUT2D eigenvalue weighted by Gasteiger charge is 2.36. The highest BCUT2D eigenvalue weighted by atomic mass is 32.1. The third kappa shape index (κ3) is 5.51. The Balaban J connectivity index is 1.00. The van der Waals surface area contributed by atoms with Gasteiger partial charge in [0.25, 0.3) is 0 Å². The van der Waals surface area contributed by atoms with Crippen molar-refractivity contribution in [3.63, 3.8) is 0 Å². The van der Waals surface area contributed by atoms with Crippen molar-refractivity contribution >= 4 is 81.1 Å². The van der Waals surface area contributed by atoms with Crippen LogP contribution in [-0.4, -0.2) is 4.57 Å². The van der Waals surface area contributed by atoms with Crippen LogP contribution in [0.15, 0.2) is 218 Å². The average Bonchev–Trinajstić information content (AvgIpc) is 3.97. The van der Waals surface area contributed by atoms with E-state index in [2.05, 4.69) is 242 Å². The Morgan fingerprint density at radius 2 is 1.03 bits per heavy atom. The molecule has 0 amide bonds. The average molecular weight is 835 g/mol. The summed E-state index contributed by atoms with van der Waals surface area (Å²) in [6.07, 6.45) is 0. The fourth-order valence-corrected chi connectivity index (χ4v) is 11.9. The molecule has 2 heterocycles. The maximum Gasteiger partial charge on any atom is 0.0634 e. The maximum absolute atomic E-state index is 2.53. The molecular formula is C61H42N2S. The minimum atomic E-state index is -0.111. The van der Waals surface area contributed by atoms with Crippen molar-refractivity contribution in [3.05, 3.63) is 230 Å². The Hall–Kier alpha value is -7.72. The first-order valence-corrected chi connectivity index (χ1v) is 23.0. The predicted octanol–water partition coefficient (Wildman–Crippen LogP) is 17.4. The fourth-order valence-electron chi connectivity index (χ4n) is 10.7. The quantitative estimate of drug-likeness (QED) is 0.162. The molecule has 0 atom stereocenters. The molecule has 64 heavy (non-hydrogen) atoms. The van der Waals surface area contributed by atoms with Gasteiger partial charge in [-0.3, -0.25) is 0 Å². The summed E-state index contributed by atoms with van der Waals surface area (Å²) in [5.74, 6) is 0. The molecule has 302 valence electrons. The van der Waals surface area contributed by atoms with Crippen LogP contribution in [0.5, 0.6) is 0 Å². The molecule has 0 unspecified atom stereocenters. The van der Waals surface area contributed by atoms with E-state index in [9.17, 15) is 0 Å². The summed E-state index contributed by atoms with van der Waals surface area (Å²) in [4.78, 5) is 2.42. The topological polar surface area (TPSA) is 8.17 Å². The largest absolute Gasteiger partial charge is 0.310 e. The van der Waals surface area contributed by atoms with Crippen LogP contribution in [0, 0.1) is 0 Å². The van der Waals surface area contributed by atoms with Gasteiger partial charge in [-0.25, -0.2) is 0 Å². The molecule has 12 aromatic rings. The zero-order valence-corrected chi connectivity index (χ0v) is 36.4. The second kappa shape index (κ2) is 14.2. The zero-order valence-electron chi connectivity index (χ0n) is 35.6. The van der Waals surface area contributed by atoms with Crippen LogP contribution < -0.4 is 4.90 Å². The summed E-state index contributed by atoms with van der Waals surface area (Å²) >= 11 is 1.90. The first-order chi connectivity index (χ1) is 31.5. The van der Waals surface area contributed by atoms with E-state index in [1.165, 1.54) is 103 Å². The van der Waals surface area contributed by atoms with Crippen LogP contribution >= 0.6 is 11.3 Å². The number of fused-ring (bicyclic) bond motifs is 11. The van der Waals surface area contributed by atoms with Crippen molar-refractivity contribution < 1.29 is 0 Å². The van der Waals surface area contributed by atoms with Gasteiger partial charge in [0.15, 0.2) is 0 Å². The lowest BCUT2D eigenvalue weighted by atomic mass is 9.82. The van der Waals surface area contributed by atoms with Gasteiger partial charge >= 0.3 is 0 Å². The molecule has 0 fully saturated rings. The van der Waals surface area contributed by atoms with Crippen molar-refractivity contribution in [1.82, 2.24) is 4.57 Å². The number of nitrogens with zero attached hydrogens (tertiary/aromatic N) is 2. The Labute approximate surface area is 376 Å². The summed E-state index contributed by atoms with van der Waals surface area (Å²) in [6.45, 7) is 4.72. The van der Waals surface area contributed by atoms with Crippen molar-refractivity contribution in [2.24, 2.45) is 0 Å². The normalized spacial score (nSPS) is 13.0. The van der Waals surface area contributed by atoms with Gasteiger partial charge in [-0.05, 0) is 105 Å². The summed E-state index contributed by atoms with van der Waals surface area (Å²) in [5.41, 5.74) is 17.2. The van der Waals surface area contributed by atoms with E-state index in [1.54, 1.807) is 0 Å². The van der Waals surface area contributed by atoms with Crippen LogP contribution in [0.2, 0.25) is 0 Å². The van der Waals surface area contributed by atoms with Crippen molar-refractivity contribution in [1.29, 1.82) is 0 Å². The number of benzene rings is 10. The minimum absolute atomic E-state index is 0.111. The second-order valence-electron chi connectivity index (χ2n) is 17.7. The summed E-state index contributed by atoms with van der Waals surface area (Å²) in [7, 11) is 0. The summed E-state index contributed by atoms with van der Waals surface area (Å²) < 4.78 is 5.13. The van der Waals surface area contributed by atoms with E-state index < -0.39 is 0 Å². The number of thiophene rings is 1. The molecule has 0 saturated heterocycles. The molecular weight excluding hydrogens is 793 g/mol. The van der Waals surface area contributed by atoms with Crippen molar-refractivity contribution in [3.8, 4) is 39.1 Å². The van der Waals surface area contributed by atoms with Crippen molar-refractivity contribution in [2.45, 2.75) is 19.3 Å². The molecule has 0 radical (unpaired) electrons. The molecule has 0 bridgehead atoms. The standard InChI is InChI=1S/C61H42N2S/c1-61(2)53-23-11-8-20-47(53)48-36-35-45(37-54(48)61)62(43-31-27-40(28-32-43)39-15-4-3-5-16-39)44-33-29-42(30-34-44)51-38-52-49-21-9-12-24-56(49)63(55-25-14-18-41-17-6-7-19-46(41)55)59(52)58-50-22-10-13-26-57(50)64-60(51)58/h3-38H,1-2H3. The highest BCUT2D eigenvalue weighted by molar-refractivity contribution is 7.26. The molecule has 0 spiro atoms. The summed E-state index contributed by atoms with van der Waals surface area (Å²) in [6, 6.07) is 80.7. The van der Waals surface area contributed by atoms with Crippen LogP contribution in [0.25, 0.3) is 91.8 Å². The van der Waals surface area contributed by atoms with Gasteiger partial charge in [0.05, 0.1) is 16.7 Å². The monoisotopic (exact) mass is 834 g/mol. The minimum Gasteiger partial charge on any atom is -0.310 e. The van der Waals surface area contributed by atoms with Crippen LogP contribution in [0.3, 0.4) is 0 Å². The Morgan fingerprint density at radius 1 is 0.422 bits per heavy atom. The van der Waals surface area contributed by atoms with Crippen LogP contribution in [0.4, 0.5) is 17.1 Å². The second-order valence-corrected chi connectivity index (χ2v) is 18.7. The van der Waals surface area contributed by atoms with Gasteiger partial charge in [-0.2, -0.15) is 0 Å². The van der Waals surface area contributed by atoms with Gasteiger partial charge in [0, 0.05) is 64.4 Å². The van der Waals surface area contributed by atoms with Gasteiger partial charge in [-0.15, -0.1) is 11.3 Å². The smallest absolute Gasteiger partial charge is 0.0634 e. The predicted molar refractivity (Wildman–Crippen MR) is 274 cm³/mol. The van der Waals surface area contributed by atoms with Gasteiger partial charge in [-0.1, -0.05) is 172 Å². The van der Waals surface area contributed by atoms with E-state index in [-0.39, 0.29) is 5.41 Å². The molecule has 13 rings (SSSR count). The van der Waals surface area contributed by atoms with Crippen molar-refractivity contribution in [2.75, 3.05) is 4.90 Å². The number of aromatic nitrogens is 1. The molecule has 2 nitrogen and oxygen atoms in total. The molecule has 0 aliphatic heterocycles. The molecule has 1 aliphatic rings. The molecule has 1 aliphatic carbocycles. The first kappa shape index (κ1) is 36.9. The highest BCUT2D eigenvalue weighted by Crippen LogP contribution is 2.52. The Kier molecular flexibility index (Phi) is 8.16. The molecule has 0 saturated carbocycles. The van der Waals surface area contributed by atoms with Gasteiger partial charge in [0.2, 0.25) is 0 Å². The molecule has 2 aromatic heterocycles. The maximum atomic E-state index is 2.53. The van der Waals surface area contributed by atoms with E-state index in [4.69, 9.17) is 0 Å². The first-order valence-electron chi connectivity index (χ1n) is 22.2. The van der Waals surface area contributed by atoms with E-state index >= 15 is 0 Å². The van der Waals surface area contributed by atoms with Gasteiger partial charge < -0.3 is 9.47 Å². The number of hydrogen-bond donors (Lipinski definition) is 0. The number of anilines is 3. The SMILES string of the molecule is CC1(C)c2ccccc2-c2ccc(N(c3ccc(-c4ccccc4)cc3)c3ccc(-c4cc5c6ccccc6n(-c6cccc7ccccc67)c5c5c4sc4ccccc45)cc3)cc21. The molecule has 3 heteroatoms. The third-order valence-electron chi connectivity index (χ3n) is 13.8. The lowest BCUT2D eigenvalue weighted by Gasteiger charge is -2.28. The van der Waals surface area contributed by atoms with Gasteiger partial charge in [0.1, 0.15) is 0 Å². The zero-order chi connectivity index (χ0) is 42.5. The number of hydrogen-bond acceptors (Lipinski definition) is 2. The van der Waals surface area contributed by atoms with Crippen LogP contribution in [-0.2, 0) is 5.41 Å². The fraction of sp³-hybridized carbons (Fsp3) is 0.0492. The number of para-hydroxylation sites is 1.